The Hall–Kier alpha value is -2.54. The molecule has 0 fully saturated rings. The van der Waals surface area contributed by atoms with Gasteiger partial charge in [0.05, 0.1) is 0 Å². The minimum atomic E-state index is 0.948. The third kappa shape index (κ3) is 1.71. The minimum Gasteiger partial charge on any atom is -0.456 e. The molecule has 0 atom stereocenters. The van der Waals surface area contributed by atoms with E-state index in [0.717, 1.165) is 11.2 Å². The highest BCUT2D eigenvalue weighted by Crippen LogP contribution is 2.31. The fourth-order valence-electron chi connectivity index (χ4n) is 2.65. The lowest BCUT2D eigenvalue weighted by molar-refractivity contribution is 0.669. The van der Waals surface area contributed by atoms with E-state index in [4.69, 9.17) is 4.42 Å². The third-order valence-corrected chi connectivity index (χ3v) is 3.76. The summed E-state index contributed by atoms with van der Waals surface area (Å²) in [6.07, 6.45) is 0. The lowest BCUT2D eigenvalue weighted by Crippen LogP contribution is -1.78. The molecule has 0 radical (unpaired) electrons. The van der Waals surface area contributed by atoms with Crippen molar-refractivity contribution in [1.82, 2.24) is 0 Å². The fraction of sp³-hybridized carbons (Fsp3) is 0.0526. The van der Waals surface area contributed by atoms with Crippen molar-refractivity contribution in [3.63, 3.8) is 0 Å². The van der Waals surface area contributed by atoms with E-state index >= 15 is 0 Å². The van der Waals surface area contributed by atoms with E-state index in [9.17, 15) is 0 Å². The summed E-state index contributed by atoms with van der Waals surface area (Å²) in [6.45, 7) is 2.10. The number of hydrogen-bond donors (Lipinski definition) is 0. The average Bonchev–Trinajstić information content (AvgIpc) is 2.85. The van der Waals surface area contributed by atoms with Gasteiger partial charge in [0.1, 0.15) is 11.2 Å². The summed E-state index contributed by atoms with van der Waals surface area (Å²) in [5.41, 5.74) is 5.58. The SMILES string of the molecule is Cc1ccc(-c2ccc3c(c2)oc2ccccc23)cc1. The first-order valence-corrected chi connectivity index (χ1v) is 6.79. The van der Waals surface area contributed by atoms with Crippen LogP contribution in [0.3, 0.4) is 0 Å². The van der Waals surface area contributed by atoms with Crippen LogP contribution in [0, 0.1) is 6.92 Å². The van der Waals surface area contributed by atoms with Crippen LogP contribution in [0.5, 0.6) is 0 Å². The zero-order chi connectivity index (χ0) is 13.5. The standard InChI is InChI=1S/C19H14O/c1-13-6-8-14(9-7-13)15-10-11-17-16-4-2-3-5-18(16)20-19(17)12-15/h2-12H,1H3. The predicted octanol–water partition coefficient (Wildman–Crippen LogP) is 5.56. The molecule has 0 spiro atoms. The van der Waals surface area contributed by atoms with Gasteiger partial charge in [-0.2, -0.15) is 0 Å². The molecular formula is C19H14O. The van der Waals surface area contributed by atoms with E-state index in [1.165, 1.54) is 27.5 Å². The molecule has 1 aromatic heterocycles. The van der Waals surface area contributed by atoms with Crippen molar-refractivity contribution in [2.24, 2.45) is 0 Å². The highest BCUT2D eigenvalue weighted by molar-refractivity contribution is 6.05. The Kier molecular flexibility index (Phi) is 2.40. The number of fused-ring (bicyclic) bond motifs is 3. The smallest absolute Gasteiger partial charge is 0.136 e. The second-order valence-electron chi connectivity index (χ2n) is 5.18. The van der Waals surface area contributed by atoms with E-state index in [-0.39, 0.29) is 0 Å². The summed E-state index contributed by atoms with van der Waals surface area (Å²) in [7, 11) is 0. The Morgan fingerprint density at radius 1 is 0.650 bits per heavy atom. The van der Waals surface area contributed by atoms with Crippen molar-refractivity contribution in [3.8, 4) is 11.1 Å². The maximum absolute atomic E-state index is 5.94. The van der Waals surface area contributed by atoms with Crippen LogP contribution in [0.15, 0.2) is 71.1 Å². The van der Waals surface area contributed by atoms with Crippen LogP contribution < -0.4 is 0 Å². The van der Waals surface area contributed by atoms with Gasteiger partial charge in [-0.15, -0.1) is 0 Å². The molecule has 0 aliphatic rings. The molecule has 0 N–H and O–H groups in total. The molecule has 4 rings (SSSR count). The molecule has 1 heterocycles. The van der Waals surface area contributed by atoms with Crippen molar-refractivity contribution in [1.29, 1.82) is 0 Å². The zero-order valence-corrected chi connectivity index (χ0v) is 11.3. The summed E-state index contributed by atoms with van der Waals surface area (Å²) >= 11 is 0. The van der Waals surface area contributed by atoms with Gasteiger partial charge >= 0.3 is 0 Å². The Morgan fingerprint density at radius 2 is 1.35 bits per heavy atom. The largest absolute Gasteiger partial charge is 0.456 e. The van der Waals surface area contributed by atoms with Crippen molar-refractivity contribution >= 4 is 21.9 Å². The summed E-state index contributed by atoms with van der Waals surface area (Å²) < 4.78 is 5.94. The van der Waals surface area contributed by atoms with Crippen LogP contribution in [-0.2, 0) is 0 Å². The second-order valence-corrected chi connectivity index (χ2v) is 5.18. The highest BCUT2D eigenvalue weighted by Gasteiger charge is 2.07. The van der Waals surface area contributed by atoms with Gasteiger partial charge in [-0.25, -0.2) is 0 Å². The Bertz CT molecular complexity index is 898. The fourth-order valence-corrected chi connectivity index (χ4v) is 2.65. The topological polar surface area (TPSA) is 13.1 Å². The van der Waals surface area contributed by atoms with Crippen LogP contribution in [0.4, 0.5) is 0 Å². The summed E-state index contributed by atoms with van der Waals surface area (Å²) in [5.74, 6) is 0. The third-order valence-electron chi connectivity index (χ3n) is 3.76. The van der Waals surface area contributed by atoms with Crippen LogP contribution in [-0.4, -0.2) is 0 Å². The van der Waals surface area contributed by atoms with E-state index in [2.05, 4.69) is 55.5 Å². The average molecular weight is 258 g/mol. The summed E-state index contributed by atoms with van der Waals surface area (Å²) in [5, 5.41) is 2.36. The number of rotatable bonds is 1. The first-order valence-electron chi connectivity index (χ1n) is 6.79. The maximum atomic E-state index is 5.94. The maximum Gasteiger partial charge on any atom is 0.136 e. The van der Waals surface area contributed by atoms with Crippen molar-refractivity contribution in [3.05, 3.63) is 72.3 Å². The van der Waals surface area contributed by atoms with E-state index < -0.39 is 0 Å². The predicted molar refractivity (Wildman–Crippen MR) is 83.9 cm³/mol. The van der Waals surface area contributed by atoms with E-state index in [0.29, 0.717) is 0 Å². The van der Waals surface area contributed by atoms with Gasteiger partial charge in [-0.05, 0) is 36.2 Å². The molecule has 20 heavy (non-hydrogen) atoms. The highest BCUT2D eigenvalue weighted by atomic mass is 16.3. The zero-order valence-electron chi connectivity index (χ0n) is 11.3. The molecule has 0 aliphatic heterocycles. The molecule has 3 aromatic carbocycles. The van der Waals surface area contributed by atoms with Gasteiger partial charge in [-0.1, -0.05) is 54.1 Å². The number of aryl methyl sites for hydroxylation is 1. The Morgan fingerprint density at radius 3 is 2.20 bits per heavy atom. The molecule has 1 heteroatoms. The monoisotopic (exact) mass is 258 g/mol. The van der Waals surface area contributed by atoms with Crippen LogP contribution in [0.2, 0.25) is 0 Å². The van der Waals surface area contributed by atoms with Gasteiger partial charge in [0, 0.05) is 10.8 Å². The molecule has 0 unspecified atom stereocenters. The van der Waals surface area contributed by atoms with Gasteiger partial charge in [-0.3, -0.25) is 0 Å². The van der Waals surface area contributed by atoms with Gasteiger partial charge in [0.25, 0.3) is 0 Å². The van der Waals surface area contributed by atoms with E-state index in [1.807, 2.05) is 18.2 Å². The first kappa shape index (κ1) is 11.3. The molecular weight excluding hydrogens is 244 g/mol. The lowest BCUT2D eigenvalue weighted by Gasteiger charge is -2.02. The van der Waals surface area contributed by atoms with Gasteiger partial charge in [0.15, 0.2) is 0 Å². The summed E-state index contributed by atoms with van der Waals surface area (Å²) in [4.78, 5) is 0. The Balaban J connectivity index is 1.94. The molecule has 1 nitrogen and oxygen atoms in total. The molecule has 96 valence electrons. The first-order chi connectivity index (χ1) is 9.81. The molecule has 0 saturated carbocycles. The lowest BCUT2D eigenvalue weighted by atomic mass is 10.0. The van der Waals surface area contributed by atoms with Gasteiger partial charge in [0.2, 0.25) is 0 Å². The van der Waals surface area contributed by atoms with Crippen LogP contribution in [0.1, 0.15) is 5.56 Å². The minimum absolute atomic E-state index is 0.948. The molecule has 0 bridgehead atoms. The van der Waals surface area contributed by atoms with Crippen molar-refractivity contribution in [2.45, 2.75) is 6.92 Å². The number of furan rings is 1. The molecule has 4 aromatic rings. The molecule has 0 aliphatic carbocycles. The van der Waals surface area contributed by atoms with E-state index in [1.54, 1.807) is 0 Å². The summed E-state index contributed by atoms with van der Waals surface area (Å²) in [6, 6.07) is 23.2. The van der Waals surface area contributed by atoms with Gasteiger partial charge < -0.3 is 4.42 Å². The second kappa shape index (κ2) is 4.24. The van der Waals surface area contributed by atoms with Crippen molar-refractivity contribution < 1.29 is 4.42 Å². The molecule has 0 saturated heterocycles. The van der Waals surface area contributed by atoms with Crippen molar-refractivity contribution in [2.75, 3.05) is 0 Å². The number of benzene rings is 3. The van der Waals surface area contributed by atoms with Crippen LogP contribution in [0.25, 0.3) is 33.1 Å². The number of para-hydroxylation sites is 1. The van der Waals surface area contributed by atoms with Crippen LogP contribution >= 0.6 is 0 Å². The number of hydrogen-bond acceptors (Lipinski definition) is 1. The normalized spacial score (nSPS) is 11.2. The quantitative estimate of drug-likeness (QED) is 0.435. The molecule has 0 amide bonds. The Labute approximate surface area is 117 Å².